The van der Waals surface area contributed by atoms with E-state index in [1.807, 2.05) is 0 Å². The number of carbonyl (C=O) groups is 2. The molecule has 4 atom stereocenters. The molecule has 0 bridgehead atoms. The predicted molar refractivity (Wildman–Crippen MR) is 75.3 cm³/mol. The molecule has 2 saturated carbocycles. The Hall–Kier alpha value is -1.42. The van der Waals surface area contributed by atoms with Gasteiger partial charge in [0.15, 0.2) is 0 Å². The summed E-state index contributed by atoms with van der Waals surface area (Å²) in [5.74, 6) is -0.911. The molecule has 0 aromatic heterocycles. The molecule has 0 spiro atoms. The van der Waals surface area contributed by atoms with Crippen molar-refractivity contribution in [3.63, 3.8) is 0 Å². The summed E-state index contributed by atoms with van der Waals surface area (Å²) >= 11 is 5.75. The van der Waals surface area contributed by atoms with Gasteiger partial charge in [-0.05, 0) is 43.4 Å². The van der Waals surface area contributed by atoms with Crippen molar-refractivity contribution in [1.82, 2.24) is 0 Å². The van der Waals surface area contributed by atoms with E-state index < -0.39 is 5.82 Å². The zero-order valence-corrected chi connectivity index (χ0v) is 12.4. The average Bonchev–Trinajstić information content (AvgIpc) is 3.07. The van der Waals surface area contributed by atoms with Crippen LogP contribution >= 0.6 is 11.6 Å². The van der Waals surface area contributed by atoms with E-state index in [9.17, 15) is 14.0 Å². The van der Waals surface area contributed by atoms with Crippen LogP contribution in [-0.4, -0.2) is 18.4 Å². The first kappa shape index (κ1) is 14.5. The first-order valence-corrected chi connectivity index (χ1v) is 7.55. The lowest BCUT2D eigenvalue weighted by Gasteiger charge is -2.13. The summed E-state index contributed by atoms with van der Waals surface area (Å²) in [6, 6.07) is 4.54. The van der Waals surface area contributed by atoms with Gasteiger partial charge in [0.2, 0.25) is 0 Å². The summed E-state index contributed by atoms with van der Waals surface area (Å²) in [6.45, 7) is 2.11. The van der Waals surface area contributed by atoms with Crippen molar-refractivity contribution in [1.29, 1.82) is 0 Å². The van der Waals surface area contributed by atoms with Crippen LogP contribution in [0.1, 0.15) is 18.9 Å². The molecule has 0 amide bonds. The van der Waals surface area contributed by atoms with E-state index in [1.165, 1.54) is 6.07 Å². The maximum absolute atomic E-state index is 13.1. The minimum atomic E-state index is -0.455. The van der Waals surface area contributed by atoms with Gasteiger partial charge in [0.05, 0.1) is 17.5 Å². The zero-order valence-electron chi connectivity index (χ0n) is 11.6. The fourth-order valence-electron chi connectivity index (χ4n) is 3.47. The molecule has 0 heterocycles. The van der Waals surface area contributed by atoms with Crippen molar-refractivity contribution >= 4 is 23.4 Å². The number of ketones is 1. The molecule has 5 heteroatoms. The van der Waals surface area contributed by atoms with Gasteiger partial charge in [-0.2, -0.15) is 0 Å². The minimum absolute atomic E-state index is 0.0764. The topological polar surface area (TPSA) is 43.4 Å². The molecule has 112 valence electrons. The second-order valence-electron chi connectivity index (χ2n) is 5.76. The monoisotopic (exact) mass is 310 g/mol. The third kappa shape index (κ3) is 2.57. The highest BCUT2D eigenvalue weighted by Gasteiger charge is 2.65. The van der Waals surface area contributed by atoms with Crippen LogP contribution in [0.25, 0.3) is 0 Å². The Morgan fingerprint density at radius 2 is 2.24 bits per heavy atom. The molecular formula is C16H16ClFO3. The zero-order chi connectivity index (χ0) is 15.1. The van der Waals surface area contributed by atoms with Gasteiger partial charge in [0.1, 0.15) is 11.6 Å². The first-order chi connectivity index (χ1) is 10.0. The third-order valence-electron chi connectivity index (χ3n) is 4.48. The molecule has 3 nitrogen and oxygen atoms in total. The second kappa shape index (κ2) is 5.41. The molecular weight excluding hydrogens is 295 g/mol. The molecule has 0 N–H and O–H groups in total. The van der Waals surface area contributed by atoms with Gasteiger partial charge < -0.3 is 4.74 Å². The van der Waals surface area contributed by atoms with Crippen LogP contribution in [0, 0.1) is 29.5 Å². The van der Waals surface area contributed by atoms with Crippen LogP contribution in [0.3, 0.4) is 0 Å². The smallest absolute Gasteiger partial charge is 0.309 e. The van der Waals surface area contributed by atoms with Gasteiger partial charge in [-0.1, -0.05) is 17.7 Å². The van der Waals surface area contributed by atoms with Crippen molar-refractivity contribution in [2.75, 3.05) is 6.61 Å². The van der Waals surface area contributed by atoms with E-state index in [-0.39, 0.29) is 40.4 Å². The van der Waals surface area contributed by atoms with Crippen LogP contribution < -0.4 is 0 Å². The standard InChI is InChI=1S/C16H16ClFO3/c1-2-21-16(20)14-10-7-9(15(19)13(10)14)5-8-3-4-12(18)11(17)6-8/h3-4,6,9-10,13-14H,2,5,7H2,1H3/t9-,10-,13+,14-/m1/s1. The Morgan fingerprint density at radius 3 is 2.81 bits per heavy atom. The van der Waals surface area contributed by atoms with Gasteiger partial charge in [0.25, 0.3) is 0 Å². The predicted octanol–water partition coefficient (Wildman–Crippen LogP) is 3.04. The molecule has 1 aromatic carbocycles. The minimum Gasteiger partial charge on any atom is -0.466 e. The summed E-state index contributed by atoms with van der Waals surface area (Å²) in [7, 11) is 0. The Morgan fingerprint density at radius 1 is 1.48 bits per heavy atom. The highest BCUT2D eigenvalue weighted by atomic mass is 35.5. The molecule has 21 heavy (non-hydrogen) atoms. The normalized spacial score (nSPS) is 30.1. The molecule has 3 rings (SSSR count). The number of carbonyl (C=O) groups excluding carboxylic acids is 2. The quantitative estimate of drug-likeness (QED) is 0.803. The summed E-state index contributed by atoms with van der Waals surface area (Å²) < 4.78 is 18.1. The highest BCUT2D eigenvalue weighted by Crippen LogP contribution is 2.58. The molecule has 0 radical (unpaired) electrons. The number of rotatable bonds is 4. The number of Topliss-reactive ketones (excluding diaryl/α,β-unsaturated/α-hetero) is 1. The fraction of sp³-hybridized carbons (Fsp3) is 0.500. The maximum Gasteiger partial charge on any atom is 0.309 e. The lowest BCUT2D eigenvalue weighted by atomic mass is 9.92. The molecule has 2 aliphatic carbocycles. The lowest BCUT2D eigenvalue weighted by Crippen LogP contribution is -2.20. The molecule has 2 fully saturated rings. The summed E-state index contributed by atoms with van der Waals surface area (Å²) in [6.07, 6.45) is 1.27. The van der Waals surface area contributed by atoms with Crippen molar-refractivity contribution in [2.24, 2.45) is 23.7 Å². The van der Waals surface area contributed by atoms with Crippen molar-refractivity contribution in [2.45, 2.75) is 19.8 Å². The Labute approximate surface area is 127 Å². The van der Waals surface area contributed by atoms with E-state index in [4.69, 9.17) is 16.3 Å². The van der Waals surface area contributed by atoms with Crippen LogP contribution in [-0.2, 0) is 20.7 Å². The summed E-state index contributed by atoms with van der Waals surface area (Å²) in [4.78, 5) is 24.0. The number of benzene rings is 1. The van der Waals surface area contributed by atoms with Gasteiger partial charge in [-0.25, -0.2) is 4.39 Å². The summed E-state index contributed by atoms with van der Waals surface area (Å²) in [5.41, 5.74) is 0.855. The fourth-order valence-corrected chi connectivity index (χ4v) is 3.67. The van der Waals surface area contributed by atoms with Gasteiger partial charge in [0, 0.05) is 11.8 Å². The largest absolute Gasteiger partial charge is 0.466 e. The molecule has 1 aromatic rings. The number of hydrogen-bond donors (Lipinski definition) is 0. The van der Waals surface area contributed by atoms with Crippen molar-refractivity contribution < 1.29 is 18.7 Å². The molecule has 0 aliphatic heterocycles. The van der Waals surface area contributed by atoms with E-state index in [2.05, 4.69) is 0 Å². The number of hydrogen-bond acceptors (Lipinski definition) is 3. The van der Waals surface area contributed by atoms with E-state index in [1.54, 1.807) is 19.1 Å². The molecule has 0 saturated heterocycles. The SMILES string of the molecule is CCOC(=O)[C@@H]1[C@@H]2C[C@@H](Cc3ccc(F)c(Cl)c3)C(=O)[C@@H]21. The average molecular weight is 311 g/mol. The lowest BCUT2D eigenvalue weighted by molar-refractivity contribution is -0.146. The van der Waals surface area contributed by atoms with E-state index in [0.29, 0.717) is 19.4 Å². The van der Waals surface area contributed by atoms with Crippen LogP contribution in [0.4, 0.5) is 4.39 Å². The second-order valence-corrected chi connectivity index (χ2v) is 6.16. The Balaban J connectivity index is 1.62. The Bertz CT molecular complexity index is 601. The van der Waals surface area contributed by atoms with Crippen LogP contribution in [0.15, 0.2) is 18.2 Å². The number of ether oxygens (including phenoxy) is 1. The van der Waals surface area contributed by atoms with Gasteiger partial charge >= 0.3 is 5.97 Å². The summed E-state index contributed by atoms with van der Waals surface area (Å²) in [5, 5.41) is 0.0764. The van der Waals surface area contributed by atoms with Gasteiger partial charge in [-0.15, -0.1) is 0 Å². The number of esters is 1. The maximum atomic E-state index is 13.1. The van der Waals surface area contributed by atoms with Gasteiger partial charge in [-0.3, -0.25) is 9.59 Å². The van der Waals surface area contributed by atoms with E-state index in [0.717, 1.165) is 5.56 Å². The highest BCUT2D eigenvalue weighted by molar-refractivity contribution is 6.30. The Kier molecular flexibility index (Phi) is 3.74. The first-order valence-electron chi connectivity index (χ1n) is 7.17. The third-order valence-corrected chi connectivity index (χ3v) is 4.77. The number of halogens is 2. The van der Waals surface area contributed by atoms with Crippen LogP contribution in [0.2, 0.25) is 5.02 Å². The molecule has 0 unspecified atom stereocenters. The van der Waals surface area contributed by atoms with E-state index >= 15 is 0 Å². The van der Waals surface area contributed by atoms with Crippen molar-refractivity contribution in [3.8, 4) is 0 Å². The van der Waals surface area contributed by atoms with Crippen LogP contribution in [0.5, 0.6) is 0 Å². The van der Waals surface area contributed by atoms with Crippen molar-refractivity contribution in [3.05, 3.63) is 34.6 Å². The molecule has 2 aliphatic rings. The number of fused-ring (bicyclic) bond motifs is 1.